The summed E-state index contributed by atoms with van der Waals surface area (Å²) in [4.78, 5) is 0. The van der Waals surface area contributed by atoms with Crippen molar-refractivity contribution >= 4 is 24.8 Å². The van der Waals surface area contributed by atoms with Gasteiger partial charge in [-0.2, -0.15) is 5.10 Å². The van der Waals surface area contributed by atoms with Crippen molar-refractivity contribution in [1.29, 1.82) is 0 Å². The Balaban J connectivity index is 0. The van der Waals surface area contributed by atoms with Gasteiger partial charge in [0.1, 0.15) is 0 Å². The summed E-state index contributed by atoms with van der Waals surface area (Å²) in [6, 6.07) is 0. The smallest absolute Gasteiger partial charge is 0.0522 e. The van der Waals surface area contributed by atoms with E-state index < -0.39 is 0 Å². The molecule has 0 aliphatic rings. The summed E-state index contributed by atoms with van der Waals surface area (Å²) in [7, 11) is 1.90. The lowest BCUT2D eigenvalue weighted by Crippen LogP contribution is -2.01. The molecule has 3 nitrogen and oxygen atoms in total. The number of hydrogen-bond acceptors (Lipinski definition) is 2. The van der Waals surface area contributed by atoms with Crippen LogP contribution in [-0.4, -0.2) is 16.3 Å². The predicted octanol–water partition coefficient (Wildman–Crippen LogP) is 0.765. The van der Waals surface area contributed by atoms with Crippen molar-refractivity contribution in [3.63, 3.8) is 0 Å². The summed E-state index contributed by atoms with van der Waals surface area (Å²) in [5.41, 5.74) is 6.54. The normalized spacial score (nSPS) is 8.18. The van der Waals surface area contributed by atoms with Crippen molar-refractivity contribution in [2.24, 2.45) is 12.8 Å². The van der Waals surface area contributed by atoms with Gasteiger partial charge in [0.25, 0.3) is 0 Å². The predicted molar refractivity (Wildman–Crippen MR) is 50.5 cm³/mol. The Morgan fingerprint density at radius 2 is 2.18 bits per heavy atom. The van der Waals surface area contributed by atoms with E-state index in [9.17, 15) is 0 Å². The SMILES string of the molecule is Cl.Cl.Cn1cc(CCN)cn1. The monoisotopic (exact) mass is 197 g/mol. The first-order valence-electron chi connectivity index (χ1n) is 3.00. The van der Waals surface area contributed by atoms with Crippen LogP contribution < -0.4 is 5.73 Å². The van der Waals surface area contributed by atoms with Gasteiger partial charge >= 0.3 is 0 Å². The standard InChI is InChI=1S/C6H11N3.2ClH/c1-9-5-6(2-3-7)4-8-9;;/h4-5H,2-3,7H2,1H3;2*1H. The number of rotatable bonds is 2. The van der Waals surface area contributed by atoms with E-state index in [1.54, 1.807) is 4.68 Å². The maximum Gasteiger partial charge on any atom is 0.0522 e. The molecule has 0 aromatic carbocycles. The Labute approximate surface area is 78.8 Å². The highest BCUT2D eigenvalue weighted by atomic mass is 35.5. The molecule has 0 bridgehead atoms. The van der Waals surface area contributed by atoms with Crippen LogP contribution in [0.2, 0.25) is 0 Å². The summed E-state index contributed by atoms with van der Waals surface area (Å²) < 4.78 is 1.78. The molecule has 0 fully saturated rings. The minimum Gasteiger partial charge on any atom is -0.330 e. The van der Waals surface area contributed by atoms with Gasteiger partial charge in [0.05, 0.1) is 6.20 Å². The van der Waals surface area contributed by atoms with Crippen LogP contribution in [0.15, 0.2) is 12.4 Å². The third kappa shape index (κ3) is 4.24. The Bertz CT molecular complexity index is 188. The third-order valence-corrected chi connectivity index (χ3v) is 1.19. The van der Waals surface area contributed by atoms with E-state index in [4.69, 9.17) is 5.73 Å². The van der Waals surface area contributed by atoms with Crippen molar-refractivity contribution in [3.05, 3.63) is 18.0 Å². The first kappa shape index (κ1) is 13.3. The molecule has 0 saturated heterocycles. The lowest BCUT2D eigenvalue weighted by atomic mass is 10.3. The Morgan fingerprint density at radius 1 is 1.55 bits per heavy atom. The van der Waals surface area contributed by atoms with Crippen molar-refractivity contribution < 1.29 is 0 Å². The molecule has 0 saturated carbocycles. The fraction of sp³-hybridized carbons (Fsp3) is 0.500. The van der Waals surface area contributed by atoms with E-state index in [2.05, 4.69) is 5.10 Å². The molecule has 2 N–H and O–H groups in total. The van der Waals surface area contributed by atoms with Gasteiger partial charge in [-0.15, -0.1) is 24.8 Å². The minimum absolute atomic E-state index is 0. The highest BCUT2D eigenvalue weighted by Crippen LogP contribution is 1.94. The van der Waals surface area contributed by atoms with E-state index in [0.717, 1.165) is 6.42 Å². The topological polar surface area (TPSA) is 43.8 Å². The average Bonchev–Trinajstić information content (AvgIpc) is 2.17. The summed E-state index contributed by atoms with van der Waals surface area (Å²) in [6.45, 7) is 0.700. The fourth-order valence-electron chi connectivity index (χ4n) is 0.768. The molecule has 0 atom stereocenters. The van der Waals surface area contributed by atoms with Crippen molar-refractivity contribution in [2.75, 3.05) is 6.54 Å². The molecule has 1 rings (SSSR count). The molecule has 0 amide bonds. The second-order valence-electron chi connectivity index (χ2n) is 2.06. The highest BCUT2D eigenvalue weighted by Gasteiger charge is 1.91. The lowest BCUT2D eigenvalue weighted by Gasteiger charge is -1.86. The van der Waals surface area contributed by atoms with E-state index in [-0.39, 0.29) is 24.8 Å². The molecule has 0 radical (unpaired) electrons. The zero-order chi connectivity index (χ0) is 6.69. The molecule has 0 aliphatic heterocycles. The zero-order valence-electron chi connectivity index (χ0n) is 6.36. The lowest BCUT2D eigenvalue weighted by molar-refractivity contribution is 0.766. The average molecular weight is 198 g/mol. The number of hydrogen-bond donors (Lipinski definition) is 1. The minimum atomic E-state index is 0. The van der Waals surface area contributed by atoms with Crippen LogP contribution in [0.5, 0.6) is 0 Å². The molecular formula is C6H13Cl2N3. The van der Waals surface area contributed by atoms with Crippen LogP contribution in [-0.2, 0) is 13.5 Å². The maximum absolute atomic E-state index is 5.33. The Morgan fingerprint density at radius 3 is 2.55 bits per heavy atom. The van der Waals surface area contributed by atoms with Crippen LogP contribution in [0.25, 0.3) is 0 Å². The summed E-state index contributed by atoms with van der Waals surface area (Å²) in [5, 5.41) is 4.00. The second kappa shape index (κ2) is 6.46. The number of aryl methyl sites for hydroxylation is 1. The Kier molecular flexibility index (Phi) is 7.84. The molecule has 1 aromatic heterocycles. The van der Waals surface area contributed by atoms with Gasteiger partial charge in [-0.3, -0.25) is 4.68 Å². The van der Waals surface area contributed by atoms with E-state index in [1.165, 1.54) is 5.56 Å². The quantitative estimate of drug-likeness (QED) is 0.762. The van der Waals surface area contributed by atoms with Gasteiger partial charge in [0.15, 0.2) is 0 Å². The molecule has 1 aromatic rings. The zero-order valence-corrected chi connectivity index (χ0v) is 7.99. The molecule has 0 unspecified atom stereocenters. The van der Waals surface area contributed by atoms with Gasteiger partial charge in [-0.25, -0.2) is 0 Å². The number of halogens is 2. The first-order valence-corrected chi connectivity index (χ1v) is 3.00. The van der Waals surface area contributed by atoms with Crippen molar-refractivity contribution in [1.82, 2.24) is 9.78 Å². The van der Waals surface area contributed by atoms with Gasteiger partial charge in [-0.1, -0.05) is 0 Å². The van der Waals surface area contributed by atoms with Crippen LogP contribution in [0.3, 0.4) is 0 Å². The largest absolute Gasteiger partial charge is 0.330 e. The summed E-state index contributed by atoms with van der Waals surface area (Å²) in [6.07, 6.45) is 4.74. The van der Waals surface area contributed by atoms with Gasteiger partial charge < -0.3 is 5.73 Å². The number of aromatic nitrogens is 2. The molecular weight excluding hydrogens is 185 g/mol. The second-order valence-corrected chi connectivity index (χ2v) is 2.06. The molecule has 1 heterocycles. The number of nitrogens with two attached hydrogens (primary N) is 1. The molecule has 11 heavy (non-hydrogen) atoms. The van der Waals surface area contributed by atoms with Crippen LogP contribution >= 0.6 is 24.8 Å². The van der Waals surface area contributed by atoms with Crippen LogP contribution in [0, 0.1) is 0 Å². The summed E-state index contributed by atoms with van der Waals surface area (Å²) in [5.74, 6) is 0. The van der Waals surface area contributed by atoms with E-state index in [1.807, 2.05) is 19.4 Å². The van der Waals surface area contributed by atoms with Gasteiger partial charge in [-0.05, 0) is 18.5 Å². The summed E-state index contributed by atoms with van der Waals surface area (Å²) >= 11 is 0. The highest BCUT2D eigenvalue weighted by molar-refractivity contribution is 5.85. The first-order chi connectivity index (χ1) is 4.33. The molecule has 0 spiro atoms. The molecule has 66 valence electrons. The maximum atomic E-state index is 5.33. The molecule has 5 heteroatoms. The van der Waals surface area contributed by atoms with E-state index >= 15 is 0 Å². The Hall–Kier alpha value is -0.250. The van der Waals surface area contributed by atoms with Gasteiger partial charge in [0.2, 0.25) is 0 Å². The number of nitrogens with zero attached hydrogens (tertiary/aromatic N) is 2. The van der Waals surface area contributed by atoms with Crippen molar-refractivity contribution in [2.45, 2.75) is 6.42 Å². The van der Waals surface area contributed by atoms with Gasteiger partial charge in [0, 0.05) is 13.2 Å². The molecule has 0 aliphatic carbocycles. The fourth-order valence-corrected chi connectivity index (χ4v) is 0.768. The van der Waals surface area contributed by atoms with E-state index in [0.29, 0.717) is 6.54 Å². The van der Waals surface area contributed by atoms with Crippen LogP contribution in [0.1, 0.15) is 5.56 Å². The van der Waals surface area contributed by atoms with Crippen molar-refractivity contribution in [3.8, 4) is 0 Å². The van der Waals surface area contributed by atoms with Crippen LogP contribution in [0.4, 0.5) is 0 Å². The third-order valence-electron chi connectivity index (χ3n) is 1.19.